The number of Topliss-reactive ketones (excluding diaryl/α,β-unsaturated/α-hetero) is 1. The Labute approximate surface area is 236 Å². The van der Waals surface area contributed by atoms with Crippen molar-refractivity contribution in [3.63, 3.8) is 0 Å². The van der Waals surface area contributed by atoms with Crippen molar-refractivity contribution >= 4 is 17.8 Å². The smallest absolute Gasteiger partial charge is 0.342 e. The Morgan fingerprint density at radius 2 is 1.82 bits per heavy atom. The zero-order valence-electron chi connectivity index (χ0n) is 23.4. The number of allylic oxidation sites excluding steroid dienone is 1. The van der Waals surface area contributed by atoms with Gasteiger partial charge in [0.1, 0.15) is 42.2 Å². The molecule has 2 atom stereocenters. The van der Waals surface area contributed by atoms with E-state index in [0.29, 0.717) is 81.1 Å². The molecule has 0 aromatic heterocycles. The molecule has 2 aromatic carbocycles. The normalized spacial score (nSPS) is 20.2. The minimum Gasteiger partial charge on any atom is -0.490 e. The first kappa shape index (κ1) is 29.8. The number of benzene rings is 2. The summed E-state index contributed by atoms with van der Waals surface area (Å²) in [4.78, 5) is 27.8. The standard InChI is InChI=1S/C32H41NO7/c1-24-9-8-14-27(34)13-7-3-6-12-26-19-29(38-22-25-10-4-2-5-11-25)20-30(31(26)32(36)40-24)39-23-28(35)21-33-15-17-37-18-16-33/h2,4-6,10-12,19-20,24,28,35H,3,7-9,13-18,21-23H2,1H3/t24-,28-/m1/s1. The molecule has 216 valence electrons. The molecule has 2 aliphatic rings. The van der Waals surface area contributed by atoms with E-state index in [2.05, 4.69) is 4.90 Å². The molecular weight excluding hydrogens is 510 g/mol. The number of carbonyl (C=O) groups is 2. The highest BCUT2D eigenvalue weighted by Crippen LogP contribution is 2.32. The lowest BCUT2D eigenvalue weighted by Gasteiger charge is -2.28. The first-order valence-corrected chi connectivity index (χ1v) is 14.3. The molecule has 0 unspecified atom stereocenters. The fraction of sp³-hybridized carbons (Fsp3) is 0.500. The van der Waals surface area contributed by atoms with Crippen LogP contribution in [0.5, 0.6) is 11.5 Å². The number of rotatable bonds is 8. The molecule has 0 amide bonds. The van der Waals surface area contributed by atoms with Crippen LogP contribution in [0, 0.1) is 0 Å². The summed E-state index contributed by atoms with van der Waals surface area (Å²) < 4.78 is 23.4. The van der Waals surface area contributed by atoms with Crippen LogP contribution in [0.1, 0.15) is 66.9 Å². The summed E-state index contributed by atoms with van der Waals surface area (Å²) in [6.07, 6.45) is 6.52. The van der Waals surface area contributed by atoms with Gasteiger partial charge in [-0.2, -0.15) is 0 Å². The van der Waals surface area contributed by atoms with Gasteiger partial charge >= 0.3 is 5.97 Å². The fourth-order valence-corrected chi connectivity index (χ4v) is 4.86. The van der Waals surface area contributed by atoms with Gasteiger partial charge in [0, 0.05) is 38.5 Å². The number of carbonyl (C=O) groups excluding carboxylic acids is 2. The predicted octanol–water partition coefficient (Wildman–Crippen LogP) is 4.82. The maximum absolute atomic E-state index is 13.5. The van der Waals surface area contributed by atoms with Crippen molar-refractivity contribution < 1.29 is 33.6 Å². The van der Waals surface area contributed by atoms with E-state index >= 15 is 0 Å². The number of ketones is 1. The van der Waals surface area contributed by atoms with Crippen LogP contribution in [-0.4, -0.2) is 73.4 Å². The van der Waals surface area contributed by atoms with Crippen molar-refractivity contribution in [1.82, 2.24) is 4.90 Å². The van der Waals surface area contributed by atoms with Gasteiger partial charge in [0.05, 0.1) is 19.3 Å². The van der Waals surface area contributed by atoms with Crippen LogP contribution >= 0.6 is 0 Å². The van der Waals surface area contributed by atoms with E-state index in [1.807, 2.05) is 55.5 Å². The lowest BCUT2D eigenvalue weighted by molar-refractivity contribution is -0.119. The number of β-amino-alcohol motifs (C(OH)–C–C–N with tert-alkyl or cyclic N) is 1. The topological polar surface area (TPSA) is 94.5 Å². The number of fused-ring (bicyclic) bond motifs is 1. The number of aliphatic hydroxyl groups is 1. The molecule has 8 heteroatoms. The summed E-state index contributed by atoms with van der Waals surface area (Å²) in [6.45, 7) is 5.47. The van der Waals surface area contributed by atoms with Gasteiger partial charge in [0.25, 0.3) is 0 Å². The number of aliphatic hydroxyl groups excluding tert-OH is 1. The quantitative estimate of drug-likeness (QED) is 0.467. The third-order valence-electron chi connectivity index (χ3n) is 7.06. The van der Waals surface area contributed by atoms with Gasteiger partial charge in [0.15, 0.2) is 0 Å². The van der Waals surface area contributed by atoms with Crippen molar-refractivity contribution in [2.75, 3.05) is 39.5 Å². The highest BCUT2D eigenvalue weighted by molar-refractivity contribution is 5.97. The average molecular weight is 552 g/mol. The SMILES string of the molecule is C[C@@H]1CCCC(=O)CCCC=Cc2cc(OCc3ccccc3)cc(OC[C@H](O)CN3CCOCC3)c2C(=O)O1. The van der Waals surface area contributed by atoms with Crippen LogP contribution < -0.4 is 9.47 Å². The molecule has 2 heterocycles. The first-order valence-electron chi connectivity index (χ1n) is 14.3. The van der Waals surface area contributed by atoms with E-state index in [1.165, 1.54) is 0 Å². The summed E-state index contributed by atoms with van der Waals surface area (Å²) >= 11 is 0. The fourth-order valence-electron chi connectivity index (χ4n) is 4.86. The van der Waals surface area contributed by atoms with Gasteiger partial charge in [-0.25, -0.2) is 4.79 Å². The molecule has 40 heavy (non-hydrogen) atoms. The molecule has 0 radical (unpaired) electrons. The number of nitrogens with zero attached hydrogens (tertiary/aromatic N) is 1. The third-order valence-corrected chi connectivity index (χ3v) is 7.06. The highest BCUT2D eigenvalue weighted by atomic mass is 16.5. The average Bonchev–Trinajstić information content (AvgIpc) is 2.95. The monoisotopic (exact) mass is 551 g/mol. The van der Waals surface area contributed by atoms with Gasteiger partial charge in [-0.3, -0.25) is 9.69 Å². The first-order chi connectivity index (χ1) is 19.5. The van der Waals surface area contributed by atoms with E-state index in [9.17, 15) is 14.7 Å². The van der Waals surface area contributed by atoms with Crippen LogP contribution in [0.15, 0.2) is 48.5 Å². The maximum Gasteiger partial charge on any atom is 0.342 e. The Balaban J connectivity index is 1.60. The van der Waals surface area contributed by atoms with Gasteiger partial charge in [-0.15, -0.1) is 0 Å². The summed E-state index contributed by atoms with van der Waals surface area (Å²) in [7, 11) is 0. The molecule has 1 fully saturated rings. The van der Waals surface area contributed by atoms with Gasteiger partial charge in [0.2, 0.25) is 0 Å². The van der Waals surface area contributed by atoms with E-state index < -0.39 is 12.1 Å². The number of cyclic esters (lactones) is 1. The third kappa shape index (κ3) is 9.47. The summed E-state index contributed by atoms with van der Waals surface area (Å²) in [6, 6.07) is 13.3. The van der Waals surface area contributed by atoms with E-state index in [1.54, 1.807) is 6.07 Å². The number of hydrogen-bond acceptors (Lipinski definition) is 8. The van der Waals surface area contributed by atoms with Crippen LogP contribution in [0.2, 0.25) is 0 Å². The van der Waals surface area contributed by atoms with E-state index in [-0.39, 0.29) is 18.5 Å². The van der Waals surface area contributed by atoms with Crippen LogP contribution in [0.3, 0.4) is 0 Å². The Kier molecular flexibility index (Phi) is 11.6. The molecule has 4 rings (SSSR count). The highest BCUT2D eigenvalue weighted by Gasteiger charge is 2.24. The maximum atomic E-state index is 13.5. The zero-order chi connectivity index (χ0) is 28.2. The molecule has 0 aliphatic carbocycles. The lowest BCUT2D eigenvalue weighted by atomic mass is 10.0. The number of hydrogen-bond donors (Lipinski definition) is 1. The molecule has 8 nitrogen and oxygen atoms in total. The summed E-state index contributed by atoms with van der Waals surface area (Å²) in [5, 5.41) is 10.7. The molecule has 2 aliphatic heterocycles. The van der Waals surface area contributed by atoms with Crippen molar-refractivity contribution in [2.45, 2.75) is 64.3 Å². The number of esters is 1. The van der Waals surface area contributed by atoms with Crippen molar-refractivity contribution in [2.24, 2.45) is 0 Å². The second-order valence-electron chi connectivity index (χ2n) is 10.5. The second-order valence-corrected chi connectivity index (χ2v) is 10.5. The summed E-state index contributed by atoms with van der Waals surface area (Å²) in [5.74, 6) is 0.600. The minimum atomic E-state index is -0.746. The van der Waals surface area contributed by atoms with E-state index in [4.69, 9.17) is 18.9 Å². The van der Waals surface area contributed by atoms with Crippen molar-refractivity contribution in [3.05, 3.63) is 65.2 Å². The molecule has 0 bridgehead atoms. The van der Waals surface area contributed by atoms with Crippen molar-refractivity contribution in [1.29, 1.82) is 0 Å². The predicted molar refractivity (Wildman–Crippen MR) is 153 cm³/mol. The minimum absolute atomic E-state index is 0.0145. The Hall–Kier alpha value is -3.20. The Morgan fingerprint density at radius 1 is 1.05 bits per heavy atom. The second kappa shape index (κ2) is 15.6. The van der Waals surface area contributed by atoms with E-state index in [0.717, 1.165) is 25.1 Å². The van der Waals surface area contributed by atoms with Gasteiger partial charge in [-0.05, 0) is 49.8 Å². The molecular formula is C32H41NO7. The molecule has 0 saturated carbocycles. The molecule has 0 spiro atoms. The number of ether oxygens (including phenoxy) is 4. The number of morpholine rings is 1. The molecule has 2 aromatic rings. The molecule has 1 N–H and O–H groups in total. The van der Waals surface area contributed by atoms with Crippen LogP contribution in [0.25, 0.3) is 6.08 Å². The van der Waals surface area contributed by atoms with Crippen LogP contribution in [0.4, 0.5) is 0 Å². The molecule has 1 saturated heterocycles. The lowest BCUT2D eigenvalue weighted by Crippen LogP contribution is -2.42. The Bertz CT molecular complexity index is 1130. The summed E-state index contributed by atoms with van der Waals surface area (Å²) in [5.41, 5.74) is 1.94. The zero-order valence-corrected chi connectivity index (χ0v) is 23.4. The van der Waals surface area contributed by atoms with Gasteiger partial charge in [-0.1, -0.05) is 42.5 Å². The van der Waals surface area contributed by atoms with Crippen LogP contribution in [-0.2, 0) is 20.9 Å². The largest absolute Gasteiger partial charge is 0.490 e. The van der Waals surface area contributed by atoms with Crippen molar-refractivity contribution in [3.8, 4) is 11.5 Å². The van der Waals surface area contributed by atoms with Gasteiger partial charge < -0.3 is 24.1 Å². The Morgan fingerprint density at radius 3 is 2.62 bits per heavy atom.